The Hall–Kier alpha value is -0.910. The average molecular weight is 224 g/mol. The zero-order valence-electron chi connectivity index (χ0n) is 9.99. The molecule has 0 spiro atoms. The molecular weight excluding hydrogens is 204 g/mol. The van der Waals surface area contributed by atoms with Crippen molar-refractivity contribution in [1.82, 2.24) is 20.2 Å². The molecule has 16 heavy (non-hydrogen) atoms. The molecule has 1 unspecified atom stereocenters. The predicted molar refractivity (Wildman–Crippen MR) is 62.4 cm³/mol. The van der Waals surface area contributed by atoms with Crippen molar-refractivity contribution in [2.24, 2.45) is 0 Å². The molecule has 5 nitrogen and oxygen atoms in total. The second-order valence-corrected chi connectivity index (χ2v) is 4.13. The molecular formula is C11H20N4O. The third kappa shape index (κ3) is 2.42. The lowest BCUT2D eigenvalue weighted by atomic mass is 10.1. The van der Waals surface area contributed by atoms with Crippen LogP contribution in [0.5, 0.6) is 0 Å². The van der Waals surface area contributed by atoms with Crippen molar-refractivity contribution in [3.63, 3.8) is 0 Å². The lowest BCUT2D eigenvalue weighted by Crippen LogP contribution is -2.42. The molecule has 0 aliphatic carbocycles. The highest BCUT2D eigenvalue weighted by molar-refractivity contribution is 5.14. The minimum Gasteiger partial charge on any atom is -0.379 e. The van der Waals surface area contributed by atoms with E-state index in [9.17, 15) is 0 Å². The van der Waals surface area contributed by atoms with Crippen LogP contribution >= 0.6 is 0 Å². The number of rotatable bonds is 4. The van der Waals surface area contributed by atoms with Crippen LogP contribution in [0.1, 0.15) is 17.4 Å². The molecule has 1 aliphatic rings. The van der Waals surface area contributed by atoms with Crippen molar-refractivity contribution < 1.29 is 4.74 Å². The number of ether oxygens (including phenoxy) is 1. The number of H-pyrrole nitrogens is 1. The van der Waals surface area contributed by atoms with Gasteiger partial charge in [-0.2, -0.15) is 0 Å². The summed E-state index contributed by atoms with van der Waals surface area (Å²) in [5.74, 6) is 0. The van der Waals surface area contributed by atoms with E-state index < -0.39 is 0 Å². The molecule has 2 heterocycles. The van der Waals surface area contributed by atoms with Crippen molar-refractivity contribution in [2.75, 3.05) is 39.9 Å². The van der Waals surface area contributed by atoms with Gasteiger partial charge in [-0.1, -0.05) is 0 Å². The molecule has 0 saturated carbocycles. The van der Waals surface area contributed by atoms with E-state index in [1.165, 1.54) is 0 Å². The first-order valence-electron chi connectivity index (χ1n) is 5.79. The maximum Gasteiger partial charge on any atom is 0.0925 e. The third-order valence-electron chi connectivity index (χ3n) is 3.07. The largest absolute Gasteiger partial charge is 0.379 e. The van der Waals surface area contributed by atoms with Crippen molar-refractivity contribution >= 4 is 0 Å². The van der Waals surface area contributed by atoms with Crippen LogP contribution in [-0.4, -0.2) is 54.8 Å². The topological polar surface area (TPSA) is 53.2 Å². The molecule has 1 atom stereocenters. The standard InChI is InChI=1S/C11H20N4O/c1-9-11(14-8-13-9)10(7-12-2)15-3-5-16-6-4-15/h8,10,12H,3-7H2,1-2H3,(H,13,14). The van der Waals surface area contributed by atoms with Gasteiger partial charge in [0.2, 0.25) is 0 Å². The van der Waals surface area contributed by atoms with Crippen molar-refractivity contribution in [1.29, 1.82) is 0 Å². The van der Waals surface area contributed by atoms with Gasteiger partial charge in [0.1, 0.15) is 0 Å². The number of imidazole rings is 1. The van der Waals surface area contributed by atoms with E-state index in [2.05, 4.69) is 27.1 Å². The zero-order chi connectivity index (χ0) is 11.4. The number of likely N-dealkylation sites (N-methyl/N-ethyl adjacent to an activating group) is 1. The van der Waals surface area contributed by atoms with Crippen LogP contribution in [0.3, 0.4) is 0 Å². The summed E-state index contributed by atoms with van der Waals surface area (Å²) in [6.07, 6.45) is 1.77. The van der Waals surface area contributed by atoms with Crippen LogP contribution in [0.2, 0.25) is 0 Å². The molecule has 2 rings (SSSR count). The van der Waals surface area contributed by atoms with Gasteiger partial charge in [0.05, 0.1) is 31.3 Å². The van der Waals surface area contributed by atoms with E-state index in [4.69, 9.17) is 4.74 Å². The van der Waals surface area contributed by atoms with Gasteiger partial charge in [0, 0.05) is 25.3 Å². The predicted octanol–water partition coefficient (Wildman–Crippen LogP) is 0.311. The van der Waals surface area contributed by atoms with Gasteiger partial charge in [-0.15, -0.1) is 0 Å². The fourth-order valence-corrected chi connectivity index (χ4v) is 2.19. The van der Waals surface area contributed by atoms with Gasteiger partial charge in [-0.05, 0) is 14.0 Å². The van der Waals surface area contributed by atoms with Crippen LogP contribution in [0.15, 0.2) is 6.33 Å². The van der Waals surface area contributed by atoms with Crippen LogP contribution in [-0.2, 0) is 4.74 Å². The Balaban J connectivity index is 2.12. The maximum atomic E-state index is 5.39. The van der Waals surface area contributed by atoms with Gasteiger partial charge in [-0.25, -0.2) is 4.98 Å². The summed E-state index contributed by atoms with van der Waals surface area (Å²) in [4.78, 5) is 10.0. The molecule has 0 bridgehead atoms. The molecule has 5 heteroatoms. The minimum atomic E-state index is 0.347. The monoisotopic (exact) mass is 224 g/mol. The highest BCUT2D eigenvalue weighted by Crippen LogP contribution is 2.21. The highest BCUT2D eigenvalue weighted by atomic mass is 16.5. The number of nitrogens with one attached hydrogen (secondary N) is 2. The van der Waals surface area contributed by atoms with E-state index in [1.54, 1.807) is 6.33 Å². The van der Waals surface area contributed by atoms with Crippen LogP contribution < -0.4 is 5.32 Å². The SMILES string of the molecule is CNCC(c1nc[nH]c1C)N1CCOCC1. The zero-order valence-corrected chi connectivity index (χ0v) is 9.99. The summed E-state index contributed by atoms with van der Waals surface area (Å²) >= 11 is 0. The van der Waals surface area contributed by atoms with E-state index in [0.29, 0.717) is 6.04 Å². The van der Waals surface area contributed by atoms with Crippen molar-refractivity contribution in [3.8, 4) is 0 Å². The molecule has 2 N–H and O–H groups in total. The Kier molecular flexibility index (Phi) is 3.93. The highest BCUT2D eigenvalue weighted by Gasteiger charge is 2.24. The molecule has 0 aromatic carbocycles. The van der Waals surface area contributed by atoms with Gasteiger partial charge in [0.25, 0.3) is 0 Å². The summed E-state index contributed by atoms with van der Waals surface area (Å²) < 4.78 is 5.39. The third-order valence-corrected chi connectivity index (χ3v) is 3.07. The van der Waals surface area contributed by atoms with Gasteiger partial charge in [0.15, 0.2) is 0 Å². The molecule has 1 aromatic rings. The van der Waals surface area contributed by atoms with Gasteiger partial charge in [-0.3, -0.25) is 4.90 Å². The second-order valence-electron chi connectivity index (χ2n) is 4.13. The first-order valence-corrected chi connectivity index (χ1v) is 5.79. The quantitative estimate of drug-likeness (QED) is 0.773. The maximum absolute atomic E-state index is 5.39. The van der Waals surface area contributed by atoms with E-state index >= 15 is 0 Å². The average Bonchev–Trinajstić information content (AvgIpc) is 2.73. The Morgan fingerprint density at radius 3 is 2.88 bits per heavy atom. The number of hydrogen-bond donors (Lipinski definition) is 2. The molecule has 0 radical (unpaired) electrons. The lowest BCUT2D eigenvalue weighted by Gasteiger charge is -2.33. The van der Waals surface area contributed by atoms with Crippen molar-refractivity contribution in [2.45, 2.75) is 13.0 Å². The molecule has 0 amide bonds. The van der Waals surface area contributed by atoms with E-state index in [1.807, 2.05) is 7.05 Å². The number of aromatic nitrogens is 2. The van der Waals surface area contributed by atoms with E-state index in [0.717, 1.165) is 44.2 Å². The fraction of sp³-hybridized carbons (Fsp3) is 0.727. The summed E-state index contributed by atoms with van der Waals surface area (Å²) in [6.45, 7) is 6.61. The fourth-order valence-electron chi connectivity index (χ4n) is 2.19. The Morgan fingerprint density at radius 1 is 1.56 bits per heavy atom. The summed E-state index contributed by atoms with van der Waals surface area (Å²) in [5, 5.41) is 3.24. The first kappa shape index (κ1) is 11.6. The van der Waals surface area contributed by atoms with Crippen molar-refractivity contribution in [3.05, 3.63) is 17.7 Å². The Labute approximate surface area is 96.2 Å². The number of hydrogen-bond acceptors (Lipinski definition) is 4. The molecule has 1 aromatic heterocycles. The minimum absolute atomic E-state index is 0.347. The van der Waals surface area contributed by atoms with Gasteiger partial charge < -0.3 is 15.0 Å². The summed E-state index contributed by atoms with van der Waals surface area (Å²) in [5.41, 5.74) is 2.31. The van der Waals surface area contributed by atoms with Crippen LogP contribution in [0.4, 0.5) is 0 Å². The van der Waals surface area contributed by atoms with E-state index in [-0.39, 0.29) is 0 Å². The molecule has 1 aliphatic heterocycles. The number of nitrogens with zero attached hydrogens (tertiary/aromatic N) is 2. The van der Waals surface area contributed by atoms with Crippen LogP contribution in [0.25, 0.3) is 0 Å². The summed E-state index contributed by atoms with van der Waals surface area (Å²) in [6, 6.07) is 0.347. The Morgan fingerprint density at radius 2 is 2.31 bits per heavy atom. The summed E-state index contributed by atoms with van der Waals surface area (Å²) in [7, 11) is 1.98. The lowest BCUT2D eigenvalue weighted by molar-refractivity contribution is 0.0156. The molecule has 90 valence electrons. The number of morpholine rings is 1. The second kappa shape index (κ2) is 5.43. The smallest absolute Gasteiger partial charge is 0.0925 e. The number of aromatic amines is 1. The molecule has 1 saturated heterocycles. The molecule has 1 fully saturated rings. The van der Waals surface area contributed by atoms with Gasteiger partial charge >= 0.3 is 0 Å². The Bertz CT molecular complexity index is 320. The first-order chi connectivity index (χ1) is 7.83. The number of aryl methyl sites for hydroxylation is 1. The normalized spacial score (nSPS) is 19.9. The van der Waals surface area contributed by atoms with Crippen LogP contribution in [0, 0.1) is 6.92 Å².